The van der Waals surface area contributed by atoms with E-state index in [0.717, 1.165) is 72.4 Å². The molecule has 2 N–H and O–H groups in total. The molecule has 2 aromatic carbocycles. The third-order valence-electron chi connectivity index (χ3n) is 11.1. The number of aliphatic hydroxyl groups excluding tert-OH is 2. The summed E-state index contributed by atoms with van der Waals surface area (Å²) in [4.78, 5) is 23.2. The minimum absolute atomic E-state index is 0.00413. The Kier molecular flexibility index (Phi) is 12.6. The number of aliphatic hydroxyl groups is 2. The van der Waals surface area contributed by atoms with Gasteiger partial charge in [-0.3, -0.25) is 4.79 Å². The summed E-state index contributed by atoms with van der Waals surface area (Å²) in [6.45, 7) is 10.5. The number of allylic oxidation sites excluding steroid dienone is 1. The number of likely N-dealkylation sites (N-methyl/N-ethyl adjacent to an activating group) is 1. The zero-order valence-corrected chi connectivity index (χ0v) is 32.9. The van der Waals surface area contributed by atoms with E-state index >= 15 is 0 Å². The van der Waals surface area contributed by atoms with Crippen LogP contribution in [0.4, 0.5) is 0 Å². The fraction of sp³-hybridized carbons (Fsp3) is 0.581. The monoisotopic (exact) mass is 746 g/mol. The van der Waals surface area contributed by atoms with Crippen LogP contribution in [0, 0.1) is 23.7 Å². The summed E-state index contributed by atoms with van der Waals surface area (Å²) in [6, 6.07) is 13.7. The summed E-state index contributed by atoms with van der Waals surface area (Å²) in [7, 11) is 1.88. The number of ether oxygens (including phenoxy) is 3. The molecule has 3 aliphatic carbocycles. The zero-order valence-electron chi connectivity index (χ0n) is 32.1. The molecule has 1 amide bonds. The van der Waals surface area contributed by atoms with Gasteiger partial charge in [-0.1, -0.05) is 30.1 Å². The number of unbranched alkanes of at least 4 members (excludes halogenated alkanes) is 2. The highest BCUT2D eigenvalue weighted by Gasteiger charge is 2.65. The fourth-order valence-corrected chi connectivity index (χ4v) is 8.94. The highest BCUT2D eigenvalue weighted by atomic mass is 32.2. The predicted molar refractivity (Wildman–Crippen MR) is 210 cm³/mol. The molecule has 288 valence electrons. The van der Waals surface area contributed by atoms with Crippen molar-refractivity contribution in [2.24, 2.45) is 28.8 Å². The number of amides is 1. The number of hydrogen-bond acceptors (Lipinski definition) is 9. The van der Waals surface area contributed by atoms with E-state index in [1.165, 1.54) is 0 Å². The number of thioether (sulfide) groups is 1. The van der Waals surface area contributed by atoms with Gasteiger partial charge in [0.2, 0.25) is 11.7 Å². The van der Waals surface area contributed by atoms with Crippen molar-refractivity contribution in [3.8, 4) is 17.2 Å². The van der Waals surface area contributed by atoms with Gasteiger partial charge in [0, 0.05) is 49.0 Å². The molecule has 6 unspecified atom stereocenters. The van der Waals surface area contributed by atoms with Crippen molar-refractivity contribution in [3.05, 3.63) is 72.3 Å². The van der Waals surface area contributed by atoms with Crippen molar-refractivity contribution < 1.29 is 34.1 Å². The largest absolute Gasteiger partial charge is 0.459 e. The summed E-state index contributed by atoms with van der Waals surface area (Å²) in [5.74, 6) is 0.905. The SMILES string of the molecule is C=CCOC12Oc3ccc(Oc4ccc(SC)cc4)cc3C3C(CCCCO)C(CCCCO)C=C(C(=NOC(C)(C)C)CC1N(C)C(=O)C1CC1)C32. The second-order valence-electron chi connectivity index (χ2n) is 16.0. The topological polar surface area (TPSA) is 110 Å². The second kappa shape index (κ2) is 17.0. The molecule has 2 aromatic rings. The molecule has 4 aliphatic rings. The average molecular weight is 747 g/mol. The lowest BCUT2D eigenvalue weighted by molar-refractivity contribution is -0.256. The van der Waals surface area contributed by atoms with Crippen molar-refractivity contribution in [2.75, 3.05) is 33.1 Å². The van der Waals surface area contributed by atoms with E-state index in [1.807, 2.05) is 57.0 Å². The van der Waals surface area contributed by atoms with Crippen LogP contribution in [0.3, 0.4) is 0 Å². The highest BCUT2D eigenvalue weighted by molar-refractivity contribution is 7.98. The summed E-state index contributed by atoms with van der Waals surface area (Å²) in [6.07, 6.45) is 13.3. The maximum Gasteiger partial charge on any atom is 0.239 e. The Bertz CT molecular complexity index is 1650. The van der Waals surface area contributed by atoms with Gasteiger partial charge in [-0.05, 0) is 125 Å². The number of carbonyl (C=O) groups is 1. The van der Waals surface area contributed by atoms with E-state index in [0.29, 0.717) is 24.3 Å². The van der Waals surface area contributed by atoms with E-state index in [4.69, 9.17) is 24.2 Å². The molecule has 0 bridgehead atoms. The summed E-state index contributed by atoms with van der Waals surface area (Å²) < 4.78 is 20.7. The summed E-state index contributed by atoms with van der Waals surface area (Å²) in [5.41, 5.74) is 2.35. The smallest absolute Gasteiger partial charge is 0.239 e. The van der Waals surface area contributed by atoms with Crippen molar-refractivity contribution in [1.82, 2.24) is 4.90 Å². The number of nitrogens with zero attached hydrogens (tertiary/aromatic N) is 2. The molecule has 2 saturated carbocycles. The maximum atomic E-state index is 14.0. The molecule has 0 radical (unpaired) electrons. The van der Waals surface area contributed by atoms with Crippen molar-refractivity contribution in [2.45, 2.75) is 107 Å². The first kappa shape index (κ1) is 39.4. The Hall–Kier alpha value is -3.31. The van der Waals surface area contributed by atoms with E-state index in [1.54, 1.807) is 17.8 Å². The molecule has 1 heterocycles. The Labute approximate surface area is 319 Å². The van der Waals surface area contributed by atoms with Crippen LogP contribution in [0.15, 0.2) is 76.8 Å². The Balaban J connectivity index is 1.56. The van der Waals surface area contributed by atoms with Gasteiger partial charge in [0.1, 0.15) is 28.9 Å². The molecule has 9 nitrogen and oxygen atoms in total. The lowest BCUT2D eigenvalue weighted by Gasteiger charge is -2.59. The highest BCUT2D eigenvalue weighted by Crippen LogP contribution is 2.62. The first-order chi connectivity index (χ1) is 25.5. The molecule has 2 fully saturated rings. The minimum Gasteiger partial charge on any atom is -0.459 e. The lowest BCUT2D eigenvalue weighted by Crippen LogP contribution is -2.69. The molecular weight excluding hydrogens is 689 g/mol. The first-order valence-electron chi connectivity index (χ1n) is 19.4. The van der Waals surface area contributed by atoms with Gasteiger partial charge in [-0.15, -0.1) is 18.3 Å². The molecule has 1 aliphatic heterocycles. The molecule has 10 heteroatoms. The van der Waals surface area contributed by atoms with Crippen LogP contribution in [0.1, 0.15) is 90.0 Å². The van der Waals surface area contributed by atoms with E-state index in [-0.39, 0.29) is 55.3 Å². The number of benzene rings is 2. The molecule has 0 aromatic heterocycles. The summed E-state index contributed by atoms with van der Waals surface area (Å²) in [5, 5.41) is 24.6. The van der Waals surface area contributed by atoms with Crippen LogP contribution in [-0.4, -0.2) is 77.3 Å². The third-order valence-corrected chi connectivity index (χ3v) is 11.9. The third kappa shape index (κ3) is 8.66. The fourth-order valence-electron chi connectivity index (χ4n) is 8.54. The van der Waals surface area contributed by atoms with Gasteiger partial charge in [0.05, 0.1) is 18.2 Å². The van der Waals surface area contributed by atoms with Crippen molar-refractivity contribution in [3.63, 3.8) is 0 Å². The Morgan fingerprint density at radius 1 is 1.06 bits per heavy atom. The number of oxime groups is 1. The lowest BCUT2D eigenvalue weighted by atomic mass is 9.55. The molecule has 0 spiro atoms. The van der Waals surface area contributed by atoms with Gasteiger partial charge >= 0.3 is 0 Å². The van der Waals surface area contributed by atoms with Gasteiger partial charge in [0.15, 0.2) is 0 Å². The zero-order chi connectivity index (χ0) is 37.8. The van der Waals surface area contributed by atoms with Crippen molar-refractivity contribution >= 4 is 23.4 Å². The number of fused-ring (bicyclic) bond motifs is 2. The van der Waals surface area contributed by atoms with E-state index in [2.05, 4.69) is 37.1 Å². The maximum absolute atomic E-state index is 14.0. The van der Waals surface area contributed by atoms with Gasteiger partial charge in [0.25, 0.3) is 0 Å². The molecular formula is C43H58N2O7S. The van der Waals surface area contributed by atoms with Gasteiger partial charge in [-0.2, -0.15) is 0 Å². The predicted octanol–water partition coefficient (Wildman–Crippen LogP) is 8.50. The standard InChI is InChI=1S/C43H58N2O7S/c1-7-24-49-43-38(45(5)41(48)28-14-15-28)27-36(44-52-42(2,3)4)34-25-29(12-8-10-22-46)33(13-9-11-23-47)39(40(34)43)35-26-31(18-21-37(35)51-43)50-30-16-19-32(53-6)20-17-30/h7,16-21,25-26,28-29,33,38-40,46-47H,1,8-15,22-24,27H2,2-6H3. The Morgan fingerprint density at radius 3 is 2.40 bits per heavy atom. The van der Waals surface area contributed by atoms with Crippen molar-refractivity contribution in [1.29, 1.82) is 0 Å². The van der Waals surface area contributed by atoms with Crippen LogP contribution in [-0.2, 0) is 14.4 Å². The van der Waals surface area contributed by atoms with Crippen LogP contribution >= 0.6 is 11.8 Å². The number of rotatable bonds is 17. The van der Waals surface area contributed by atoms with Crippen LogP contribution in [0.5, 0.6) is 17.2 Å². The number of carbonyl (C=O) groups excluding carboxylic acids is 1. The first-order valence-corrected chi connectivity index (χ1v) is 20.6. The molecule has 6 rings (SSSR count). The van der Waals surface area contributed by atoms with Gasteiger partial charge in [-0.25, -0.2) is 0 Å². The average Bonchev–Trinajstić information content (AvgIpc) is 4.00. The molecule has 0 saturated heterocycles. The quantitative estimate of drug-likeness (QED) is 0.0718. The minimum atomic E-state index is -1.24. The molecule has 6 atom stereocenters. The van der Waals surface area contributed by atoms with Crippen LogP contribution in [0.2, 0.25) is 0 Å². The van der Waals surface area contributed by atoms with Crippen LogP contribution < -0.4 is 9.47 Å². The molecule has 53 heavy (non-hydrogen) atoms. The van der Waals surface area contributed by atoms with Crippen LogP contribution in [0.25, 0.3) is 0 Å². The summed E-state index contributed by atoms with van der Waals surface area (Å²) >= 11 is 1.69. The van der Waals surface area contributed by atoms with E-state index < -0.39 is 17.4 Å². The Morgan fingerprint density at radius 2 is 1.75 bits per heavy atom. The van der Waals surface area contributed by atoms with E-state index in [9.17, 15) is 15.0 Å². The number of hydrogen-bond donors (Lipinski definition) is 2. The normalized spacial score (nSPS) is 26.9. The second-order valence-corrected chi connectivity index (χ2v) is 16.9. The van der Waals surface area contributed by atoms with Gasteiger partial charge < -0.3 is 34.2 Å².